The Morgan fingerprint density at radius 3 is 2.58 bits per heavy atom. The summed E-state index contributed by atoms with van der Waals surface area (Å²) in [5.41, 5.74) is 1.80. The second kappa shape index (κ2) is 7.70. The highest BCUT2D eigenvalue weighted by molar-refractivity contribution is 7.91. The van der Waals surface area contributed by atoms with E-state index in [9.17, 15) is 13.2 Å². The number of nitriles is 1. The van der Waals surface area contributed by atoms with Gasteiger partial charge in [-0.2, -0.15) is 5.26 Å². The molecule has 7 heteroatoms. The van der Waals surface area contributed by atoms with Crippen LogP contribution in [0.1, 0.15) is 29.7 Å². The molecule has 1 atom stereocenters. The topological polar surface area (TPSA) is 99.9 Å². The van der Waals surface area contributed by atoms with E-state index in [-0.39, 0.29) is 11.8 Å². The molecule has 6 nitrogen and oxygen atoms in total. The monoisotopic (exact) mass is 343 g/mol. The Labute approximate surface area is 141 Å². The average Bonchev–Trinajstić information content (AvgIpc) is 2.55. The fourth-order valence-electron chi connectivity index (χ4n) is 2.18. The highest BCUT2D eigenvalue weighted by Crippen LogP contribution is 2.11. The van der Waals surface area contributed by atoms with Crippen molar-refractivity contribution in [2.24, 2.45) is 0 Å². The number of hydrogen-bond donors (Lipinski definition) is 1. The molecule has 1 amide bonds. The van der Waals surface area contributed by atoms with Crippen LogP contribution in [0, 0.1) is 11.3 Å². The van der Waals surface area contributed by atoms with Crippen molar-refractivity contribution in [3.05, 3.63) is 65.5 Å². The van der Waals surface area contributed by atoms with Crippen LogP contribution in [-0.4, -0.2) is 25.1 Å². The van der Waals surface area contributed by atoms with Gasteiger partial charge < -0.3 is 5.32 Å². The van der Waals surface area contributed by atoms with Crippen molar-refractivity contribution in [3.8, 4) is 6.07 Å². The Kier molecular flexibility index (Phi) is 5.66. The lowest BCUT2D eigenvalue weighted by Crippen LogP contribution is -2.32. The molecule has 124 valence electrons. The number of carbonyl (C=O) groups excluding carboxylic acids is 1. The molecule has 1 aromatic heterocycles. The molecule has 2 rings (SSSR count). The lowest BCUT2D eigenvalue weighted by Gasteiger charge is -2.14. The van der Waals surface area contributed by atoms with Gasteiger partial charge in [0.25, 0.3) is 0 Å². The van der Waals surface area contributed by atoms with Gasteiger partial charge in [0.15, 0.2) is 9.84 Å². The molecule has 0 unspecified atom stereocenters. The smallest absolute Gasteiger partial charge is 0.235 e. The number of rotatable bonds is 6. The van der Waals surface area contributed by atoms with Gasteiger partial charge in [-0.25, -0.2) is 8.42 Å². The van der Waals surface area contributed by atoms with Crippen LogP contribution in [0.2, 0.25) is 0 Å². The van der Waals surface area contributed by atoms with Crippen LogP contribution in [0.4, 0.5) is 0 Å². The molecule has 0 fully saturated rings. The van der Waals surface area contributed by atoms with E-state index in [1.165, 1.54) is 0 Å². The molecular formula is C17H17N3O3S. The minimum Gasteiger partial charge on any atom is -0.349 e. The first-order valence-corrected chi connectivity index (χ1v) is 9.10. The van der Waals surface area contributed by atoms with Gasteiger partial charge in [-0.1, -0.05) is 18.2 Å². The summed E-state index contributed by atoms with van der Waals surface area (Å²) in [5.74, 6) is -1.38. The number of carbonyl (C=O) groups is 1. The number of pyridine rings is 1. The Morgan fingerprint density at radius 1 is 1.29 bits per heavy atom. The van der Waals surface area contributed by atoms with E-state index in [4.69, 9.17) is 5.26 Å². The first kappa shape index (κ1) is 17.6. The van der Waals surface area contributed by atoms with Gasteiger partial charge in [-0.3, -0.25) is 9.78 Å². The van der Waals surface area contributed by atoms with E-state index < -0.39 is 21.5 Å². The maximum Gasteiger partial charge on any atom is 0.235 e. The van der Waals surface area contributed by atoms with Gasteiger partial charge in [-0.05, 0) is 36.2 Å². The van der Waals surface area contributed by atoms with Crippen LogP contribution in [0.5, 0.6) is 0 Å². The first-order chi connectivity index (χ1) is 11.4. The number of nitrogens with zero attached hydrogens (tertiary/aromatic N) is 2. The molecule has 24 heavy (non-hydrogen) atoms. The number of sulfone groups is 1. The quantitative estimate of drug-likeness (QED) is 0.861. The number of hydrogen-bond acceptors (Lipinski definition) is 5. The van der Waals surface area contributed by atoms with Crippen molar-refractivity contribution in [2.75, 3.05) is 5.75 Å². The van der Waals surface area contributed by atoms with Crippen LogP contribution in [0.3, 0.4) is 0 Å². The van der Waals surface area contributed by atoms with Crippen molar-refractivity contribution in [1.82, 2.24) is 10.3 Å². The molecule has 2 aromatic rings. The lowest BCUT2D eigenvalue weighted by molar-refractivity contribution is -0.119. The van der Waals surface area contributed by atoms with Crippen molar-refractivity contribution in [3.63, 3.8) is 0 Å². The predicted molar refractivity (Wildman–Crippen MR) is 89.4 cm³/mol. The van der Waals surface area contributed by atoms with Crippen LogP contribution in [0.25, 0.3) is 0 Å². The first-order valence-electron chi connectivity index (χ1n) is 7.28. The molecule has 1 heterocycles. The molecule has 0 saturated carbocycles. The van der Waals surface area contributed by atoms with E-state index >= 15 is 0 Å². The molecule has 0 saturated heterocycles. The Morgan fingerprint density at radius 2 is 2.00 bits per heavy atom. The molecule has 0 radical (unpaired) electrons. The molecule has 0 aliphatic rings. The Bertz CT molecular complexity index is 841. The predicted octanol–water partition coefficient (Wildman–Crippen LogP) is 1.75. The Hall–Kier alpha value is -2.72. The molecule has 0 spiro atoms. The molecular weight excluding hydrogens is 326 g/mol. The highest BCUT2D eigenvalue weighted by Gasteiger charge is 2.19. The third kappa shape index (κ3) is 5.18. The molecule has 0 aliphatic carbocycles. The molecule has 1 aromatic carbocycles. The summed E-state index contributed by atoms with van der Waals surface area (Å²) < 4.78 is 24.3. The summed E-state index contributed by atoms with van der Waals surface area (Å²) in [6.45, 7) is 1.77. The fourth-order valence-corrected chi connectivity index (χ4v) is 3.46. The van der Waals surface area contributed by atoms with Gasteiger partial charge >= 0.3 is 0 Å². The summed E-state index contributed by atoms with van der Waals surface area (Å²) in [6.07, 6.45) is 3.25. The zero-order valence-corrected chi connectivity index (χ0v) is 14.0. The van der Waals surface area contributed by atoms with Crippen molar-refractivity contribution >= 4 is 15.7 Å². The SMILES string of the molecule is C[C@@H](NC(=O)CS(=O)(=O)Cc1ccc(C#N)cc1)c1cccnc1. The van der Waals surface area contributed by atoms with Gasteiger partial charge in [0, 0.05) is 12.4 Å². The molecule has 1 N–H and O–H groups in total. The second-order valence-electron chi connectivity index (χ2n) is 5.42. The van der Waals surface area contributed by atoms with E-state index in [1.807, 2.05) is 12.1 Å². The summed E-state index contributed by atoms with van der Waals surface area (Å²) in [5, 5.41) is 11.4. The fraction of sp³-hybridized carbons (Fsp3) is 0.235. The van der Waals surface area contributed by atoms with Gasteiger partial charge in [0.05, 0.1) is 23.4 Å². The zero-order chi connectivity index (χ0) is 17.6. The van der Waals surface area contributed by atoms with Crippen LogP contribution >= 0.6 is 0 Å². The average molecular weight is 343 g/mol. The van der Waals surface area contributed by atoms with Crippen molar-refractivity contribution in [1.29, 1.82) is 5.26 Å². The number of benzene rings is 1. The lowest BCUT2D eigenvalue weighted by atomic mass is 10.1. The van der Waals surface area contributed by atoms with Crippen LogP contribution < -0.4 is 5.32 Å². The van der Waals surface area contributed by atoms with Crippen LogP contribution in [0.15, 0.2) is 48.8 Å². The Balaban J connectivity index is 1.95. The van der Waals surface area contributed by atoms with E-state index in [0.717, 1.165) is 5.56 Å². The third-order valence-electron chi connectivity index (χ3n) is 3.38. The maximum absolute atomic E-state index is 12.1. The summed E-state index contributed by atoms with van der Waals surface area (Å²) >= 11 is 0. The van der Waals surface area contributed by atoms with E-state index in [1.54, 1.807) is 49.6 Å². The van der Waals surface area contributed by atoms with Gasteiger partial charge in [0.2, 0.25) is 5.91 Å². The third-order valence-corrected chi connectivity index (χ3v) is 4.86. The number of amides is 1. The minimum absolute atomic E-state index is 0.243. The second-order valence-corrected chi connectivity index (χ2v) is 7.48. The zero-order valence-electron chi connectivity index (χ0n) is 13.1. The summed E-state index contributed by atoms with van der Waals surface area (Å²) in [6, 6.07) is 11.5. The van der Waals surface area contributed by atoms with E-state index in [2.05, 4.69) is 10.3 Å². The largest absolute Gasteiger partial charge is 0.349 e. The minimum atomic E-state index is -3.59. The van der Waals surface area contributed by atoms with Crippen molar-refractivity contribution in [2.45, 2.75) is 18.7 Å². The standard InChI is InChI=1S/C17H17N3O3S/c1-13(16-3-2-8-19-10-16)20-17(21)12-24(22,23)11-15-6-4-14(9-18)5-7-15/h2-8,10,13H,11-12H2,1H3,(H,20,21)/t13-/m1/s1. The van der Waals surface area contributed by atoms with Gasteiger partial charge in [-0.15, -0.1) is 0 Å². The van der Waals surface area contributed by atoms with Gasteiger partial charge in [0.1, 0.15) is 5.75 Å². The van der Waals surface area contributed by atoms with Crippen molar-refractivity contribution < 1.29 is 13.2 Å². The van der Waals surface area contributed by atoms with Crippen LogP contribution in [-0.2, 0) is 20.4 Å². The molecule has 0 aliphatic heterocycles. The number of aromatic nitrogens is 1. The normalized spacial score (nSPS) is 12.2. The number of nitrogens with one attached hydrogen (secondary N) is 1. The highest BCUT2D eigenvalue weighted by atomic mass is 32.2. The molecule has 0 bridgehead atoms. The van der Waals surface area contributed by atoms with E-state index in [0.29, 0.717) is 11.1 Å². The maximum atomic E-state index is 12.1. The summed E-state index contributed by atoms with van der Waals surface area (Å²) in [4.78, 5) is 15.9. The summed E-state index contributed by atoms with van der Waals surface area (Å²) in [7, 11) is -3.59.